The van der Waals surface area contributed by atoms with Crippen LogP contribution in [0.25, 0.3) is 0 Å². The number of anilines is 1. The lowest BCUT2D eigenvalue weighted by Crippen LogP contribution is -2.16. The lowest BCUT2D eigenvalue weighted by atomic mass is 10.1. The van der Waals surface area contributed by atoms with Crippen LogP contribution in [0.3, 0.4) is 0 Å². The zero-order chi connectivity index (χ0) is 20.1. The number of carbonyl (C=O) groups excluding carboxylic acids is 4. The minimum absolute atomic E-state index is 0.0975. The highest BCUT2D eigenvalue weighted by molar-refractivity contribution is 7.18. The van der Waals surface area contributed by atoms with Crippen molar-refractivity contribution in [3.63, 3.8) is 0 Å². The molecule has 0 saturated carbocycles. The van der Waals surface area contributed by atoms with Crippen molar-refractivity contribution >= 4 is 40.0 Å². The second kappa shape index (κ2) is 8.59. The van der Waals surface area contributed by atoms with Gasteiger partial charge in [-0.25, -0.2) is 4.79 Å². The Hall–Kier alpha value is -3.00. The van der Waals surface area contributed by atoms with Gasteiger partial charge in [-0.05, 0) is 38.5 Å². The van der Waals surface area contributed by atoms with Gasteiger partial charge in [0.15, 0.2) is 5.78 Å². The lowest BCUT2D eigenvalue weighted by Gasteiger charge is -2.10. The Morgan fingerprint density at radius 1 is 1.11 bits per heavy atom. The molecule has 0 aliphatic carbocycles. The maximum atomic E-state index is 12.7. The van der Waals surface area contributed by atoms with Gasteiger partial charge in [0.1, 0.15) is 10.8 Å². The van der Waals surface area contributed by atoms with Crippen LogP contribution < -0.4 is 10.1 Å². The lowest BCUT2D eigenvalue weighted by molar-refractivity contribution is -0.131. The Labute approximate surface area is 160 Å². The summed E-state index contributed by atoms with van der Waals surface area (Å²) in [6.45, 7) is 6.07. The van der Waals surface area contributed by atoms with E-state index in [1.54, 1.807) is 26.0 Å². The Bertz CT molecular complexity index is 915. The van der Waals surface area contributed by atoms with Crippen LogP contribution in [-0.2, 0) is 9.53 Å². The molecule has 1 aromatic heterocycles. The van der Waals surface area contributed by atoms with Crippen molar-refractivity contribution in [2.75, 3.05) is 11.9 Å². The SMILES string of the molecule is CCOC(=O)c1c(NC(=O)c2ccccc2OC(C)=O)sc(C(C)=O)c1C. The number of rotatable bonds is 6. The molecule has 1 aromatic carbocycles. The molecule has 1 amide bonds. The van der Waals surface area contributed by atoms with Gasteiger partial charge in [-0.15, -0.1) is 11.3 Å². The second-order valence-electron chi connectivity index (χ2n) is 5.58. The average molecular weight is 389 g/mol. The first-order valence-electron chi connectivity index (χ1n) is 8.16. The Morgan fingerprint density at radius 2 is 1.78 bits per heavy atom. The number of ether oxygens (including phenoxy) is 2. The summed E-state index contributed by atoms with van der Waals surface area (Å²) in [5.41, 5.74) is 0.720. The molecular formula is C19H19NO6S. The molecule has 0 aliphatic rings. The summed E-state index contributed by atoms with van der Waals surface area (Å²) in [4.78, 5) is 48.4. The molecule has 0 fully saturated rings. The third-order valence-corrected chi connectivity index (χ3v) is 4.87. The number of para-hydroxylation sites is 1. The number of hydrogen-bond donors (Lipinski definition) is 1. The first-order valence-corrected chi connectivity index (χ1v) is 8.98. The van der Waals surface area contributed by atoms with E-state index in [0.29, 0.717) is 10.4 Å². The minimum Gasteiger partial charge on any atom is -0.462 e. The summed E-state index contributed by atoms with van der Waals surface area (Å²) in [6, 6.07) is 6.23. The van der Waals surface area contributed by atoms with Gasteiger partial charge in [-0.3, -0.25) is 14.4 Å². The van der Waals surface area contributed by atoms with Crippen molar-refractivity contribution in [3.8, 4) is 5.75 Å². The average Bonchev–Trinajstić information content (AvgIpc) is 2.91. The molecule has 8 heteroatoms. The van der Waals surface area contributed by atoms with E-state index in [4.69, 9.17) is 9.47 Å². The van der Waals surface area contributed by atoms with Crippen LogP contribution in [0.2, 0.25) is 0 Å². The molecule has 0 unspecified atom stereocenters. The minimum atomic E-state index is -0.623. The highest BCUT2D eigenvalue weighted by Gasteiger charge is 2.26. The van der Waals surface area contributed by atoms with Crippen molar-refractivity contribution < 1.29 is 28.7 Å². The van der Waals surface area contributed by atoms with Gasteiger partial charge in [0, 0.05) is 6.92 Å². The molecule has 2 aromatic rings. The molecular weight excluding hydrogens is 370 g/mol. The molecule has 2 rings (SSSR count). The van der Waals surface area contributed by atoms with E-state index < -0.39 is 17.8 Å². The molecule has 1 N–H and O–H groups in total. The quantitative estimate of drug-likeness (QED) is 0.460. The summed E-state index contributed by atoms with van der Waals surface area (Å²) < 4.78 is 10.1. The van der Waals surface area contributed by atoms with E-state index in [1.165, 1.54) is 26.0 Å². The number of esters is 2. The first-order chi connectivity index (χ1) is 12.8. The molecule has 0 radical (unpaired) electrons. The monoisotopic (exact) mass is 389 g/mol. The second-order valence-corrected chi connectivity index (χ2v) is 6.60. The van der Waals surface area contributed by atoms with Crippen LogP contribution in [0.15, 0.2) is 24.3 Å². The molecule has 0 bridgehead atoms. The molecule has 0 atom stereocenters. The largest absolute Gasteiger partial charge is 0.462 e. The van der Waals surface area contributed by atoms with Crippen LogP contribution in [0, 0.1) is 6.92 Å². The summed E-state index contributed by atoms with van der Waals surface area (Å²) in [5, 5.41) is 2.84. The molecule has 7 nitrogen and oxygen atoms in total. The number of carbonyl (C=O) groups is 4. The topological polar surface area (TPSA) is 98.8 Å². The van der Waals surface area contributed by atoms with E-state index in [9.17, 15) is 19.2 Å². The fourth-order valence-corrected chi connectivity index (χ4v) is 3.54. The van der Waals surface area contributed by atoms with E-state index in [2.05, 4.69) is 5.32 Å². The fraction of sp³-hybridized carbons (Fsp3) is 0.263. The summed E-state index contributed by atoms with van der Waals surface area (Å²) in [5.74, 6) is -1.88. The summed E-state index contributed by atoms with van der Waals surface area (Å²) in [6.07, 6.45) is 0. The van der Waals surface area contributed by atoms with Gasteiger partial charge in [0.05, 0.1) is 22.6 Å². The molecule has 27 heavy (non-hydrogen) atoms. The van der Waals surface area contributed by atoms with Gasteiger partial charge >= 0.3 is 11.9 Å². The van der Waals surface area contributed by atoms with Crippen molar-refractivity contribution in [1.29, 1.82) is 0 Å². The molecule has 142 valence electrons. The number of Topliss-reactive ketones (excluding diaryl/α,β-unsaturated/α-hetero) is 1. The Balaban J connectivity index is 2.44. The summed E-state index contributed by atoms with van der Waals surface area (Å²) in [7, 11) is 0. The van der Waals surface area contributed by atoms with Crippen molar-refractivity contribution in [1.82, 2.24) is 0 Å². The maximum Gasteiger partial charge on any atom is 0.341 e. The standard InChI is InChI=1S/C19H19NO6S/c1-5-25-19(24)15-10(2)16(11(3)21)27-18(15)20-17(23)13-8-6-7-9-14(13)26-12(4)22/h6-9H,5H2,1-4H3,(H,20,23). The fourth-order valence-electron chi connectivity index (χ4n) is 2.45. The van der Waals surface area contributed by atoms with Crippen LogP contribution in [0.1, 0.15) is 56.7 Å². The van der Waals surface area contributed by atoms with Gasteiger partial charge in [-0.1, -0.05) is 12.1 Å². The van der Waals surface area contributed by atoms with Crippen LogP contribution in [-0.4, -0.2) is 30.2 Å². The molecule has 0 saturated heterocycles. The van der Waals surface area contributed by atoms with Crippen molar-refractivity contribution in [2.24, 2.45) is 0 Å². The summed E-state index contributed by atoms with van der Waals surface area (Å²) >= 11 is 1.00. The third-order valence-electron chi connectivity index (χ3n) is 3.56. The highest BCUT2D eigenvalue weighted by atomic mass is 32.1. The van der Waals surface area contributed by atoms with Gasteiger partial charge < -0.3 is 14.8 Å². The van der Waals surface area contributed by atoms with E-state index in [0.717, 1.165) is 11.3 Å². The third kappa shape index (κ3) is 4.59. The predicted molar refractivity (Wildman–Crippen MR) is 101 cm³/mol. The number of nitrogens with one attached hydrogen (secondary N) is 1. The maximum absolute atomic E-state index is 12.7. The van der Waals surface area contributed by atoms with Crippen molar-refractivity contribution in [2.45, 2.75) is 27.7 Å². The molecule has 0 spiro atoms. The normalized spacial score (nSPS) is 10.2. The number of amides is 1. The zero-order valence-corrected chi connectivity index (χ0v) is 16.2. The smallest absolute Gasteiger partial charge is 0.341 e. The first kappa shape index (κ1) is 20.3. The predicted octanol–water partition coefficient (Wildman–Crippen LogP) is 3.61. The van der Waals surface area contributed by atoms with E-state index in [1.807, 2.05) is 0 Å². The van der Waals surface area contributed by atoms with Crippen LogP contribution in [0.5, 0.6) is 5.75 Å². The zero-order valence-electron chi connectivity index (χ0n) is 15.4. The Morgan fingerprint density at radius 3 is 2.37 bits per heavy atom. The van der Waals surface area contributed by atoms with Crippen molar-refractivity contribution in [3.05, 3.63) is 45.8 Å². The number of thiophene rings is 1. The van der Waals surface area contributed by atoms with E-state index >= 15 is 0 Å². The van der Waals surface area contributed by atoms with Crippen LogP contribution in [0.4, 0.5) is 5.00 Å². The Kier molecular flexibility index (Phi) is 6.46. The molecule has 1 heterocycles. The van der Waals surface area contributed by atoms with Gasteiger partial charge in [0.25, 0.3) is 5.91 Å². The van der Waals surface area contributed by atoms with Gasteiger partial charge in [-0.2, -0.15) is 0 Å². The van der Waals surface area contributed by atoms with Crippen LogP contribution >= 0.6 is 11.3 Å². The number of ketones is 1. The van der Waals surface area contributed by atoms with E-state index in [-0.39, 0.29) is 34.3 Å². The van der Waals surface area contributed by atoms with Gasteiger partial charge in [0.2, 0.25) is 0 Å². The number of hydrogen-bond acceptors (Lipinski definition) is 7. The number of benzene rings is 1. The molecule has 0 aliphatic heterocycles. The highest BCUT2D eigenvalue weighted by Crippen LogP contribution is 2.35.